The van der Waals surface area contributed by atoms with Crippen molar-refractivity contribution in [2.75, 3.05) is 41.3 Å². The summed E-state index contributed by atoms with van der Waals surface area (Å²) in [5.74, 6) is 0.657. The molecule has 2 atom stereocenters. The Morgan fingerprint density at radius 3 is 1.30 bits per heavy atom. The number of likely N-dealkylation sites (N-methyl/N-ethyl adjacent to an activating group) is 2. The molecule has 44 heavy (non-hydrogen) atoms. The van der Waals surface area contributed by atoms with Crippen molar-refractivity contribution >= 4 is 42.8 Å². The average molecular weight is 621 g/mol. The number of nitrogens with zero attached hydrogens (tertiary/aromatic N) is 4. The third-order valence-corrected chi connectivity index (χ3v) is 10.6. The molecule has 6 rings (SSSR count). The molecule has 0 aliphatic rings. The Hall–Kier alpha value is -3.42. The van der Waals surface area contributed by atoms with Crippen LogP contribution < -0.4 is 0 Å². The van der Waals surface area contributed by atoms with Gasteiger partial charge in [-0.05, 0) is 99.3 Å². The molecule has 0 spiro atoms. The quantitative estimate of drug-likeness (QED) is 0.153. The smallest absolute Gasteiger partial charge is 0.0476 e. The van der Waals surface area contributed by atoms with Crippen molar-refractivity contribution in [3.63, 3.8) is 0 Å². The van der Waals surface area contributed by atoms with Gasteiger partial charge in [0.15, 0.2) is 0 Å². The Kier molecular flexibility index (Phi) is 10.9. The maximum atomic E-state index is 4.57. The van der Waals surface area contributed by atoms with Crippen molar-refractivity contribution in [3.8, 4) is 0 Å². The van der Waals surface area contributed by atoms with Crippen molar-refractivity contribution in [2.45, 2.75) is 38.5 Å². The summed E-state index contributed by atoms with van der Waals surface area (Å²) in [6.45, 7) is 6.70. The maximum absolute atomic E-state index is 4.57. The first kappa shape index (κ1) is 32.0. The summed E-state index contributed by atoms with van der Waals surface area (Å²) >= 11 is 3.87. The van der Waals surface area contributed by atoms with Crippen LogP contribution in [0.3, 0.4) is 0 Å². The summed E-state index contributed by atoms with van der Waals surface area (Å²) in [4.78, 5) is 16.6. The molecule has 4 heterocycles. The van der Waals surface area contributed by atoms with Crippen LogP contribution in [0, 0.1) is 0 Å². The molecule has 0 amide bonds. The minimum atomic E-state index is 0.328. The number of thiophene rings is 2. The Labute approximate surface area is 271 Å². The van der Waals surface area contributed by atoms with E-state index in [-0.39, 0.29) is 0 Å². The van der Waals surface area contributed by atoms with E-state index in [2.05, 4.69) is 135 Å². The molecule has 228 valence electrons. The van der Waals surface area contributed by atoms with Gasteiger partial charge in [-0.15, -0.1) is 22.7 Å². The second-order valence-electron chi connectivity index (χ2n) is 11.9. The number of pyridine rings is 2. The second-order valence-corrected chi connectivity index (χ2v) is 14.2. The van der Waals surface area contributed by atoms with Gasteiger partial charge in [0, 0.05) is 67.9 Å². The van der Waals surface area contributed by atoms with Crippen LogP contribution in [-0.4, -0.2) is 61.0 Å². The van der Waals surface area contributed by atoms with Crippen LogP contribution >= 0.6 is 22.7 Å². The van der Waals surface area contributed by atoms with Gasteiger partial charge in [-0.25, -0.2) is 0 Å². The molecule has 0 saturated heterocycles. The Morgan fingerprint density at radius 1 is 0.545 bits per heavy atom. The van der Waals surface area contributed by atoms with E-state index >= 15 is 0 Å². The number of benzene rings is 2. The molecule has 0 fully saturated rings. The van der Waals surface area contributed by atoms with Gasteiger partial charge in [0.1, 0.15) is 0 Å². The Balaban J connectivity index is 0.000000175. The average Bonchev–Trinajstić information content (AvgIpc) is 3.61. The molecule has 4 aromatic heterocycles. The Morgan fingerprint density at radius 2 is 0.932 bits per heavy atom. The van der Waals surface area contributed by atoms with E-state index in [9.17, 15) is 0 Å². The number of hydrogen-bond donors (Lipinski definition) is 0. The minimum Gasteiger partial charge on any atom is -0.309 e. The van der Waals surface area contributed by atoms with Gasteiger partial charge in [-0.2, -0.15) is 0 Å². The van der Waals surface area contributed by atoms with Gasteiger partial charge in [-0.3, -0.25) is 9.97 Å². The molecular weight excluding hydrogens is 577 g/mol. The predicted molar refractivity (Wildman–Crippen MR) is 192 cm³/mol. The monoisotopic (exact) mass is 620 g/mol. The molecule has 0 radical (unpaired) electrons. The summed E-state index contributed by atoms with van der Waals surface area (Å²) < 4.78 is 2.77. The summed E-state index contributed by atoms with van der Waals surface area (Å²) in [5.41, 5.74) is 5.22. The van der Waals surface area contributed by atoms with Gasteiger partial charge < -0.3 is 9.80 Å². The highest BCUT2D eigenvalue weighted by Crippen LogP contribution is 2.40. The summed E-state index contributed by atoms with van der Waals surface area (Å²) in [6, 6.07) is 29.9. The third-order valence-electron chi connectivity index (χ3n) is 8.12. The van der Waals surface area contributed by atoms with Gasteiger partial charge in [-0.1, -0.05) is 62.4 Å². The fourth-order valence-electron chi connectivity index (χ4n) is 5.76. The fourth-order valence-corrected chi connectivity index (χ4v) is 8.34. The van der Waals surface area contributed by atoms with Gasteiger partial charge in [0.05, 0.1) is 0 Å². The highest BCUT2D eigenvalue weighted by atomic mass is 32.1. The predicted octanol–water partition coefficient (Wildman–Crippen LogP) is 9.10. The zero-order valence-corrected chi connectivity index (χ0v) is 28.5. The lowest BCUT2D eigenvalue weighted by atomic mass is 9.93. The molecule has 4 nitrogen and oxygen atoms in total. The van der Waals surface area contributed by atoms with Crippen LogP contribution in [0.25, 0.3) is 20.2 Å². The van der Waals surface area contributed by atoms with Crippen molar-refractivity contribution in [3.05, 3.63) is 130 Å². The molecule has 0 saturated carbocycles. The van der Waals surface area contributed by atoms with E-state index < -0.39 is 0 Å². The molecule has 0 aliphatic carbocycles. The molecule has 2 aromatic carbocycles. The molecule has 0 N–H and O–H groups in total. The van der Waals surface area contributed by atoms with Gasteiger partial charge in [0.2, 0.25) is 0 Å². The number of rotatable bonds is 10. The van der Waals surface area contributed by atoms with Gasteiger partial charge in [0.25, 0.3) is 0 Å². The highest BCUT2D eigenvalue weighted by Gasteiger charge is 2.21. The summed E-state index contributed by atoms with van der Waals surface area (Å²) in [6.07, 6.45) is 5.97. The largest absolute Gasteiger partial charge is 0.309 e. The van der Waals surface area contributed by atoms with Crippen molar-refractivity contribution < 1.29 is 0 Å². The third kappa shape index (κ3) is 7.62. The molecule has 0 bridgehead atoms. The topological polar surface area (TPSA) is 32.3 Å². The zero-order chi connectivity index (χ0) is 31.1. The van der Waals surface area contributed by atoms with Crippen LogP contribution in [0.5, 0.6) is 0 Å². The van der Waals surface area contributed by atoms with Crippen LogP contribution in [-0.2, 0) is 12.8 Å². The first-order valence-corrected chi connectivity index (χ1v) is 17.1. The number of aromatic nitrogens is 2. The van der Waals surface area contributed by atoms with E-state index in [4.69, 9.17) is 0 Å². The van der Waals surface area contributed by atoms with Crippen LogP contribution in [0.1, 0.15) is 58.0 Å². The van der Waals surface area contributed by atoms with Crippen molar-refractivity contribution in [2.24, 2.45) is 0 Å². The lowest BCUT2D eigenvalue weighted by Gasteiger charge is -2.15. The van der Waals surface area contributed by atoms with Crippen LogP contribution in [0.2, 0.25) is 0 Å². The standard InChI is InChI=1S/2C19H22N2S/c2*1-14(16-9-6-7-12-20-16)19-15-8-4-5-10-17(15)22-18(19)11-13-21(2)3/h2*4-10,12,14H,11,13H2,1-3H3/t2*14-/m10/s1. The number of fused-ring (bicyclic) bond motifs is 2. The zero-order valence-electron chi connectivity index (χ0n) is 26.8. The highest BCUT2D eigenvalue weighted by molar-refractivity contribution is 7.19. The lowest BCUT2D eigenvalue weighted by molar-refractivity contribution is 0.414. The molecule has 6 heteroatoms. The fraction of sp³-hybridized carbons (Fsp3) is 0.316. The first-order chi connectivity index (χ1) is 21.3. The van der Waals surface area contributed by atoms with Crippen LogP contribution in [0.4, 0.5) is 0 Å². The molecule has 0 aliphatic heterocycles. The molecule has 6 aromatic rings. The SMILES string of the molecule is C[C@@H](c1ccccn1)c1c(CCN(C)C)sc2ccccc12.C[C@H](c1ccccn1)c1c(CCN(C)C)sc2ccccc12. The van der Waals surface area contributed by atoms with E-state index in [1.807, 2.05) is 47.2 Å². The second kappa shape index (κ2) is 15.0. The number of hydrogen-bond acceptors (Lipinski definition) is 6. The maximum Gasteiger partial charge on any atom is 0.0476 e. The van der Waals surface area contributed by atoms with E-state index in [0.29, 0.717) is 11.8 Å². The lowest BCUT2D eigenvalue weighted by Crippen LogP contribution is -2.15. The first-order valence-electron chi connectivity index (χ1n) is 15.4. The summed E-state index contributed by atoms with van der Waals surface area (Å²) in [5, 5.41) is 2.78. The van der Waals surface area contributed by atoms with Crippen molar-refractivity contribution in [1.29, 1.82) is 0 Å². The Bertz CT molecular complexity index is 1620. The van der Waals surface area contributed by atoms with Crippen LogP contribution in [0.15, 0.2) is 97.3 Å². The minimum absolute atomic E-state index is 0.328. The van der Waals surface area contributed by atoms with Gasteiger partial charge >= 0.3 is 0 Å². The molecule has 0 unspecified atom stereocenters. The van der Waals surface area contributed by atoms with E-state index in [1.165, 1.54) is 41.1 Å². The summed E-state index contributed by atoms with van der Waals surface area (Å²) in [7, 11) is 8.54. The van der Waals surface area contributed by atoms with E-state index in [0.717, 1.165) is 37.3 Å². The molecular formula is C38H44N4S2. The normalized spacial score (nSPS) is 12.9. The van der Waals surface area contributed by atoms with Crippen molar-refractivity contribution in [1.82, 2.24) is 19.8 Å². The van der Waals surface area contributed by atoms with E-state index in [1.54, 1.807) is 0 Å².